The molecule has 6 heteroatoms. The molecule has 0 aromatic rings. The van der Waals surface area contributed by atoms with Crippen LogP contribution in [0.25, 0.3) is 0 Å². The second kappa shape index (κ2) is 5.65. The van der Waals surface area contributed by atoms with Crippen LogP contribution >= 0.6 is 7.37 Å². The lowest BCUT2D eigenvalue weighted by atomic mass is 10.3. The molecule has 0 radical (unpaired) electrons. The van der Waals surface area contributed by atoms with E-state index in [1.54, 1.807) is 0 Å². The first-order chi connectivity index (χ1) is 7.41. The highest BCUT2D eigenvalue weighted by molar-refractivity contribution is 7.91. The van der Waals surface area contributed by atoms with Crippen LogP contribution in [0.15, 0.2) is 0 Å². The molecular formula is C10H21O4PS. The monoisotopic (exact) mass is 268 g/mol. The SMILES string of the molecule is CCCP(=O)(CCC)OC1CCS(=O)(=O)C1. The van der Waals surface area contributed by atoms with Crippen molar-refractivity contribution in [3.05, 3.63) is 0 Å². The molecule has 1 heterocycles. The smallest absolute Gasteiger partial charge is 0.203 e. The van der Waals surface area contributed by atoms with Crippen molar-refractivity contribution < 1.29 is 17.5 Å². The van der Waals surface area contributed by atoms with E-state index in [1.165, 1.54) is 0 Å². The van der Waals surface area contributed by atoms with E-state index in [2.05, 4.69) is 0 Å². The van der Waals surface area contributed by atoms with Gasteiger partial charge in [0.25, 0.3) is 0 Å². The minimum atomic E-state index is -2.94. The predicted octanol–water partition coefficient (Wildman–Crippen LogP) is 2.29. The Kier molecular flexibility index (Phi) is 5.02. The fourth-order valence-corrected chi connectivity index (χ4v) is 6.23. The Labute approximate surface area is 98.1 Å². The molecular weight excluding hydrogens is 247 g/mol. The lowest BCUT2D eigenvalue weighted by molar-refractivity contribution is 0.230. The van der Waals surface area contributed by atoms with E-state index >= 15 is 0 Å². The van der Waals surface area contributed by atoms with Gasteiger partial charge in [0, 0.05) is 12.3 Å². The molecule has 0 spiro atoms. The normalized spacial score (nSPS) is 24.8. The summed E-state index contributed by atoms with van der Waals surface area (Å²) in [5.41, 5.74) is 0. The molecule has 0 bridgehead atoms. The molecule has 0 aromatic heterocycles. The standard InChI is InChI=1S/C10H21O4PS/c1-3-6-15(11,7-4-2)14-10-5-8-16(12,13)9-10/h10H,3-9H2,1-2H3. The summed E-state index contributed by atoms with van der Waals surface area (Å²) in [5, 5.41) is 0. The molecule has 4 nitrogen and oxygen atoms in total. The van der Waals surface area contributed by atoms with Crippen LogP contribution in [0.2, 0.25) is 0 Å². The maximum absolute atomic E-state index is 12.4. The predicted molar refractivity (Wildman–Crippen MR) is 66.1 cm³/mol. The molecule has 96 valence electrons. The third kappa shape index (κ3) is 4.19. The lowest BCUT2D eigenvalue weighted by Gasteiger charge is -2.21. The summed E-state index contributed by atoms with van der Waals surface area (Å²) in [4.78, 5) is 0. The van der Waals surface area contributed by atoms with Crippen LogP contribution in [0.3, 0.4) is 0 Å². The van der Waals surface area contributed by atoms with Gasteiger partial charge < -0.3 is 4.52 Å². The van der Waals surface area contributed by atoms with Crippen LogP contribution in [0.5, 0.6) is 0 Å². The Morgan fingerprint density at radius 3 is 2.19 bits per heavy atom. The molecule has 1 unspecified atom stereocenters. The molecule has 0 aromatic carbocycles. The summed E-state index contributed by atoms with van der Waals surface area (Å²) in [5.74, 6) is 0.223. The van der Waals surface area contributed by atoms with Crippen molar-refractivity contribution in [2.24, 2.45) is 0 Å². The van der Waals surface area contributed by atoms with Gasteiger partial charge >= 0.3 is 0 Å². The molecule has 1 rings (SSSR count). The van der Waals surface area contributed by atoms with Gasteiger partial charge in [-0.15, -0.1) is 0 Å². The highest BCUT2D eigenvalue weighted by Gasteiger charge is 2.34. The Morgan fingerprint density at radius 2 is 1.81 bits per heavy atom. The zero-order valence-electron chi connectivity index (χ0n) is 10.0. The van der Waals surface area contributed by atoms with Gasteiger partial charge in [-0.3, -0.25) is 4.57 Å². The average molecular weight is 268 g/mol. The fourth-order valence-electron chi connectivity index (χ4n) is 2.01. The molecule has 0 saturated carbocycles. The van der Waals surface area contributed by atoms with Gasteiger partial charge in [0.2, 0.25) is 7.37 Å². The van der Waals surface area contributed by atoms with E-state index in [1.807, 2.05) is 13.8 Å². The highest BCUT2D eigenvalue weighted by Crippen LogP contribution is 2.50. The minimum absolute atomic E-state index is 0.0461. The Bertz CT molecular complexity index is 353. The van der Waals surface area contributed by atoms with Gasteiger partial charge in [-0.1, -0.05) is 13.8 Å². The van der Waals surface area contributed by atoms with E-state index in [4.69, 9.17) is 4.52 Å². The van der Waals surface area contributed by atoms with Crippen LogP contribution in [-0.4, -0.2) is 38.4 Å². The summed E-state index contributed by atoms with van der Waals surface area (Å²) >= 11 is 0. The van der Waals surface area contributed by atoms with Crippen LogP contribution in [-0.2, 0) is 18.9 Å². The number of rotatable bonds is 6. The zero-order valence-corrected chi connectivity index (χ0v) is 11.7. The van der Waals surface area contributed by atoms with Gasteiger partial charge in [0.1, 0.15) is 0 Å². The third-order valence-electron chi connectivity index (χ3n) is 2.66. The minimum Gasteiger partial charge on any atom is -0.324 e. The largest absolute Gasteiger partial charge is 0.324 e. The van der Waals surface area contributed by atoms with Crippen molar-refractivity contribution in [3.63, 3.8) is 0 Å². The molecule has 16 heavy (non-hydrogen) atoms. The van der Waals surface area contributed by atoms with Crippen molar-refractivity contribution in [1.29, 1.82) is 0 Å². The maximum atomic E-state index is 12.4. The third-order valence-corrected chi connectivity index (χ3v) is 7.34. The topological polar surface area (TPSA) is 60.4 Å². The van der Waals surface area contributed by atoms with Crippen LogP contribution in [0.4, 0.5) is 0 Å². The van der Waals surface area contributed by atoms with Gasteiger partial charge in [-0.25, -0.2) is 8.42 Å². The first kappa shape index (κ1) is 14.2. The highest BCUT2D eigenvalue weighted by atomic mass is 32.2. The number of hydrogen-bond donors (Lipinski definition) is 0. The van der Waals surface area contributed by atoms with Crippen molar-refractivity contribution >= 4 is 17.2 Å². The second-order valence-corrected chi connectivity index (χ2v) is 9.36. The van der Waals surface area contributed by atoms with Crippen LogP contribution < -0.4 is 0 Å². The summed E-state index contributed by atoms with van der Waals surface area (Å²) in [7, 11) is -5.53. The first-order valence-electron chi connectivity index (χ1n) is 5.87. The zero-order chi connectivity index (χ0) is 12.2. The van der Waals surface area contributed by atoms with Crippen LogP contribution in [0.1, 0.15) is 33.1 Å². The van der Waals surface area contributed by atoms with Crippen LogP contribution in [0, 0.1) is 0 Å². The van der Waals surface area contributed by atoms with Crippen molar-refractivity contribution in [2.75, 3.05) is 23.8 Å². The van der Waals surface area contributed by atoms with E-state index in [-0.39, 0.29) is 17.6 Å². The van der Waals surface area contributed by atoms with E-state index in [0.29, 0.717) is 18.7 Å². The summed E-state index contributed by atoms with van der Waals surface area (Å²) in [6, 6.07) is 0. The second-order valence-electron chi connectivity index (χ2n) is 4.39. The molecule has 0 N–H and O–H groups in total. The van der Waals surface area contributed by atoms with E-state index in [0.717, 1.165) is 12.8 Å². The Balaban J connectivity index is 2.60. The van der Waals surface area contributed by atoms with Crippen molar-refractivity contribution in [2.45, 2.75) is 39.2 Å². The Hall–Kier alpha value is 0.140. The molecule has 1 atom stereocenters. The molecule has 1 saturated heterocycles. The van der Waals surface area contributed by atoms with Gasteiger partial charge in [0.15, 0.2) is 9.84 Å². The molecule has 1 fully saturated rings. The van der Waals surface area contributed by atoms with E-state index < -0.39 is 17.2 Å². The summed E-state index contributed by atoms with van der Waals surface area (Å²) < 4.78 is 40.5. The first-order valence-corrected chi connectivity index (χ1v) is 9.69. The summed E-state index contributed by atoms with van der Waals surface area (Å²) in [6.07, 6.45) is 2.93. The average Bonchev–Trinajstić information content (AvgIpc) is 2.45. The van der Waals surface area contributed by atoms with Crippen molar-refractivity contribution in [1.82, 2.24) is 0 Å². The lowest BCUT2D eigenvalue weighted by Crippen LogP contribution is -2.15. The van der Waals surface area contributed by atoms with Gasteiger partial charge in [-0.2, -0.15) is 0 Å². The number of sulfone groups is 1. The molecule has 1 aliphatic rings. The molecule has 0 amide bonds. The van der Waals surface area contributed by atoms with Gasteiger partial charge in [-0.05, 0) is 19.3 Å². The van der Waals surface area contributed by atoms with Crippen molar-refractivity contribution in [3.8, 4) is 0 Å². The quantitative estimate of drug-likeness (QED) is 0.693. The fraction of sp³-hybridized carbons (Fsp3) is 1.00. The van der Waals surface area contributed by atoms with Gasteiger partial charge in [0.05, 0.1) is 17.6 Å². The number of hydrogen-bond acceptors (Lipinski definition) is 4. The van der Waals surface area contributed by atoms with E-state index in [9.17, 15) is 13.0 Å². The summed E-state index contributed by atoms with van der Waals surface area (Å²) in [6.45, 7) is 3.94. The Morgan fingerprint density at radius 1 is 1.25 bits per heavy atom. The molecule has 0 aliphatic carbocycles. The maximum Gasteiger partial charge on any atom is 0.203 e. The molecule has 1 aliphatic heterocycles.